The normalized spacial score (nSPS) is 14.5. The van der Waals surface area contributed by atoms with Gasteiger partial charge in [0.1, 0.15) is 12.6 Å². The van der Waals surface area contributed by atoms with Crippen LogP contribution in [0.4, 0.5) is 5.69 Å². The van der Waals surface area contributed by atoms with Gasteiger partial charge in [0.25, 0.3) is 10.0 Å². The molecule has 1 aliphatic rings. The van der Waals surface area contributed by atoms with Gasteiger partial charge in [0.2, 0.25) is 11.8 Å². The summed E-state index contributed by atoms with van der Waals surface area (Å²) < 4.78 is 28.9. The van der Waals surface area contributed by atoms with E-state index in [0.29, 0.717) is 17.1 Å². The van der Waals surface area contributed by atoms with E-state index < -0.39 is 28.5 Å². The first-order valence-electron chi connectivity index (χ1n) is 13.7. The third-order valence-corrected chi connectivity index (χ3v) is 9.29. The van der Waals surface area contributed by atoms with Crippen LogP contribution < -0.4 is 9.62 Å². The van der Waals surface area contributed by atoms with Crippen LogP contribution in [-0.2, 0) is 26.2 Å². The quantitative estimate of drug-likeness (QED) is 0.314. The Balaban J connectivity index is 1.70. The summed E-state index contributed by atoms with van der Waals surface area (Å²) in [5, 5.41) is 3.69. The minimum atomic E-state index is -4.08. The number of carbonyl (C=O) groups excluding carboxylic acids is 2. The molecule has 9 heteroatoms. The van der Waals surface area contributed by atoms with Gasteiger partial charge in [0, 0.05) is 17.6 Å². The highest BCUT2D eigenvalue weighted by molar-refractivity contribution is 7.92. The first-order chi connectivity index (χ1) is 19.2. The highest BCUT2D eigenvalue weighted by atomic mass is 35.5. The number of anilines is 1. The van der Waals surface area contributed by atoms with Gasteiger partial charge in [0.15, 0.2) is 0 Å². The van der Waals surface area contributed by atoms with Crippen LogP contribution in [0, 0.1) is 6.92 Å². The van der Waals surface area contributed by atoms with Crippen LogP contribution in [0.2, 0.25) is 5.02 Å². The molecule has 0 spiro atoms. The van der Waals surface area contributed by atoms with E-state index in [-0.39, 0.29) is 23.4 Å². The summed E-state index contributed by atoms with van der Waals surface area (Å²) in [6, 6.07) is 21.5. The van der Waals surface area contributed by atoms with Gasteiger partial charge in [-0.05, 0) is 73.7 Å². The first-order valence-corrected chi connectivity index (χ1v) is 15.5. The molecule has 0 aromatic heterocycles. The SMILES string of the molecule is CCC(C(=O)NC1CCCC1)N(Cc1ccc(Cl)cc1)C(=O)CN(c1cccc(C)c1)S(=O)(=O)c1ccccc1. The van der Waals surface area contributed by atoms with Crippen molar-refractivity contribution in [3.63, 3.8) is 0 Å². The van der Waals surface area contributed by atoms with Crippen LogP contribution in [0.3, 0.4) is 0 Å². The van der Waals surface area contributed by atoms with Crippen LogP contribution in [-0.4, -0.2) is 43.8 Å². The number of nitrogens with one attached hydrogen (secondary N) is 1. The first kappa shape index (κ1) is 29.6. The summed E-state index contributed by atoms with van der Waals surface area (Å²) in [6.07, 6.45) is 4.36. The number of halogens is 1. The fourth-order valence-corrected chi connectivity index (χ4v) is 6.66. The molecule has 1 aliphatic carbocycles. The van der Waals surface area contributed by atoms with E-state index >= 15 is 0 Å². The standard InChI is InChI=1S/C31H36ClN3O4S/c1-3-29(31(37)33-26-11-7-8-12-26)34(21-24-16-18-25(32)19-17-24)30(36)22-35(27-13-9-10-23(2)20-27)40(38,39)28-14-5-4-6-15-28/h4-6,9-10,13-20,26,29H,3,7-8,11-12,21-22H2,1-2H3,(H,33,37). The summed E-state index contributed by atoms with van der Waals surface area (Å²) in [4.78, 5) is 29.2. The van der Waals surface area contributed by atoms with Crippen molar-refractivity contribution in [3.05, 3.63) is 95.0 Å². The lowest BCUT2D eigenvalue weighted by Crippen LogP contribution is -2.53. The van der Waals surface area contributed by atoms with Crippen LogP contribution in [0.5, 0.6) is 0 Å². The predicted molar refractivity (Wildman–Crippen MR) is 159 cm³/mol. The molecule has 40 heavy (non-hydrogen) atoms. The highest BCUT2D eigenvalue weighted by Gasteiger charge is 2.34. The Hall–Kier alpha value is -3.36. The molecular formula is C31H36ClN3O4S. The van der Waals surface area contributed by atoms with Crippen molar-refractivity contribution in [2.24, 2.45) is 0 Å². The maximum Gasteiger partial charge on any atom is 0.264 e. The third kappa shape index (κ3) is 7.23. The van der Waals surface area contributed by atoms with Crippen LogP contribution in [0.25, 0.3) is 0 Å². The summed E-state index contributed by atoms with van der Waals surface area (Å²) in [6.45, 7) is 3.41. The van der Waals surface area contributed by atoms with Crippen molar-refractivity contribution in [3.8, 4) is 0 Å². The van der Waals surface area contributed by atoms with Gasteiger partial charge in [-0.15, -0.1) is 0 Å². The monoisotopic (exact) mass is 581 g/mol. The molecule has 1 atom stereocenters. The molecule has 3 aromatic rings. The second-order valence-electron chi connectivity index (χ2n) is 10.2. The van der Waals surface area contributed by atoms with Crippen molar-refractivity contribution < 1.29 is 18.0 Å². The largest absolute Gasteiger partial charge is 0.352 e. The van der Waals surface area contributed by atoms with E-state index in [1.807, 2.05) is 32.0 Å². The van der Waals surface area contributed by atoms with Gasteiger partial charge < -0.3 is 10.2 Å². The maximum absolute atomic E-state index is 14.1. The number of hydrogen-bond donors (Lipinski definition) is 1. The van der Waals surface area contributed by atoms with Gasteiger partial charge in [-0.2, -0.15) is 0 Å². The van der Waals surface area contributed by atoms with Crippen molar-refractivity contribution in [2.75, 3.05) is 10.8 Å². The number of amides is 2. The molecule has 2 amide bonds. The number of carbonyl (C=O) groups is 2. The topological polar surface area (TPSA) is 86.8 Å². The molecule has 1 N–H and O–H groups in total. The predicted octanol–water partition coefficient (Wildman–Crippen LogP) is 5.71. The number of hydrogen-bond acceptors (Lipinski definition) is 4. The lowest BCUT2D eigenvalue weighted by molar-refractivity contribution is -0.140. The Labute approximate surface area is 242 Å². The minimum Gasteiger partial charge on any atom is -0.352 e. The summed E-state index contributed by atoms with van der Waals surface area (Å²) in [7, 11) is -4.08. The lowest BCUT2D eigenvalue weighted by Gasteiger charge is -2.34. The van der Waals surface area contributed by atoms with Crippen molar-refractivity contribution >= 4 is 39.1 Å². The average molecular weight is 582 g/mol. The average Bonchev–Trinajstić information content (AvgIpc) is 3.46. The number of benzene rings is 3. The number of rotatable bonds is 11. The lowest BCUT2D eigenvalue weighted by atomic mass is 10.1. The van der Waals surface area contributed by atoms with E-state index in [1.165, 1.54) is 17.0 Å². The van der Waals surface area contributed by atoms with Crippen molar-refractivity contribution in [1.82, 2.24) is 10.2 Å². The van der Waals surface area contributed by atoms with Gasteiger partial charge in [-0.1, -0.05) is 73.8 Å². The molecule has 0 radical (unpaired) electrons. The fourth-order valence-electron chi connectivity index (χ4n) is 5.11. The zero-order valence-electron chi connectivity index (χ0n) is 22.9. The number of sulfonamides is 1. The van der Waals surface area contributed by atoms with Crippen molar-refractivity contribution in [1.29, 1.82) is 0 Å². The molecule has 0 bridgehead atoms. The second kappa shape index (κ2) is 13.3. The van der Waals surface area contributed by atoms with E-state index in [2.05, 4.69) is 5.32 Å². The molecular weight excluding hydrogens is 546 g/mol. The molecule has 212 valence electrons. The minimum absolute atomic E-state index is 0.0829. The number of nitrogens with zero attached hydrogens (tertiary/aromatic N) is 2. The Morgan fingerprint density at radius 2 is 1.65 bits per heavy atom. The molecule has 0 saturated heterocycles. The Bertz CT molecular complexity index is 1410. The van der Waals surface area contributed by atoms with E-state index in [9.17, 15) is 18.0 Å². The summed E-state index contributed by atoms with van der Waals surface area (Å²) >= 11 is 6.09. The molecule has 1 fully saturated rings. The van der Waals surface area contributed by atoms with Crippen LogP contribution in [0.15, 0.2) is 83.8 Å². The zero-order chi connectivity index (χ0) is 28.7. The molecule has 1 unspecified atom stereocenters. The third-order valence-electron chi connectivity index (χ3n) is 7.25. The van der Waals surface area contributed by atoms with E-state index in [4.69, 9.17) is 11.6 Å². The fraction of sp³-hybridized carbons (Fsp3) is 0.355. The second-order valence-corrected chi connectivity index (χ2v) is 12.5. The molecule has 1 saturated carbocycles. The molecule has 0 heterocycles. The highest BCUT2D eigenvalue weighted by Crippen LogP contribution is 2.26. The van der Waals surface area contributed by atoms with Crippen LogP contribution in [0.1, 0.15) is 50.2 Å². The molecule has 7 nitrogen and oxygen atoms in total. The maximum atomic E-state index is 14.1. The Morgan fingerprint density at radius 1 is 0.975 bits per heavy atom. The molecule has 0 aliphatic heterocycles. The molecule has 4 rings (SSSR count). The van der Waals surface area contributed by atoms with Gasteiger partial charge in [0.05, 0.1) is 10.6 Å². The van der Waals surface area contributed by atoms with E-state index in [1.54, 1.807) is 48.5 Å². The summed E-state index contributed by atoms with van der Waals surface area (Å²) in [5.41, 5.74) is 2.03. The smallest absolute Gasteiger partial charge is 0.264 e. The van der Waals surface area contributed by atoms with Gasteiger partial charge >= 0.3 is 0 Å². The van der Waals surface area contributed by atoms with Gasteiger partial charge in [-0.25, -0.2) is 8.42 Å². The van der Waals surface area contributed by atoms with Crippen molar-refractivity contribution in [2.45, 2.75) is 69.5 Å². The molecule has 3 aromatic carbocycles. The Morgan fingerprint density at radius 3 is 2.27 bits per heavy atom. The Kier molecular flexibility index (Phi) is 9.87. The van der Waals surface area contributed by atoms with Gasteiger partial charge in [-0.3, -0.25) is 13.9 Å². The zero-order valence-corrected chi connectivity index (χ0v) is 24.5. The summed E-state index contributed by atoms with van der Waals surface area (Å²) in [5.74, 6) is -0.686. The van der Waals surface area contributed by atoms with E-state index in [0.717, 1.165) is 41.1 Å². The van der Waals surface area contributed by atoms with Crippen LogP contribution >= 0.6 is 11.6 Å². The number of aryl methyl sites for hydroxylation is 1.